The topological polar surface area (TPSA) is 35.5 Å². The molecule has 0 saturated heterocycles. The van der Waals surface area contributed by atoms with Crippen molar-refractivity contribution in [2.45, 2.75) is 37.7 Å². The summed E-state index contributed by atoms with van der Waals surface area (Å²) in [7, 11) is 1.63. The quantitative estimate of drug-likeness (QED) is 0.690. The number of ether oxygens (including phenoxy) is 2. The molecule has 1 heterocycles. The minimum absolute atomic E-state index is 0.144. The first-order chi connectivity index (χ1) is 6.78. The Kier molecular flexibility index (Phi) is 2.59. The molecule has 3 heteroatoms. The molecule has 2 rings (SSSR count). The van der Waals surface area contributed by atoms with E-state index in [1.54, 1.807) is 13.4 Å². The highest BCUT2D eigenvalue weighted by atomic mass is 16.5. The number of Topliss-reactive ketones (excluding diaryl/α,β-unsaturated/α-hetero) is 1. The molecule has 1 saturated carbocycles. The average molecular weight is 196 g/mol. The van der Waals surface area contributed by atoms with Crippen molar-refractivity contribution < 1.29 is 14.3 Å². The van der Waals surface area contributed by atoms with Crippen molar-refractivity contribution in [1.82, 2.24) is 0 Å². The highest BCUT2D eigenvalue weighted by Gasteiger charge is 2.45. The Labute approximate surface area is 84.1 Å². The standard InChI is InChI=1S/C11H16O3/c1-13-11(5-3-6-11)10(12)9-4-2-7-14-8-9/h8H,2-7H2,1H3. The molecule has 14 heavy (non-hydrogen) atoms. The van der Waals surface area contributed by atoms with Crippen LogP contribution < -0.4 is 0 Å². The maximum Gasteiger partial charge on any atom is 0.193 e. The zero-order valence-electron chi connectivity index (χ0n) is 8.54. The van der Waals surface area contributed by atoms with E-state index in [0.717, 1.165) is 44.3 Å². The van der Waals surface area contributed by atoms with Crippen LogP contribution in [0.5, 0.6) is 0 Å². The Morgan fingerprint density at radius 2 is 2.29 bits per heavy atom. The van der Waals surface area contributed by atoms with Crippen LogP contribution >= 0.6 is 0 Å². The number of methoxy groups -OCH3 is 1. The monoisotopic (exact) mass is 196 g/mol. The predicted molar refractivity (Wildman–Crippen MR) is 51.9 cm³/mol. The third-order valence-corrected chi connectivity index (χ3v) is 3.19. The number of ketones is 1. The van der Waals surface area contributed by atoms with Crippen molar-refractivity contribution in [3.8, 4) is 0 Å². The van der Waals surface area contributed by atoms with Gasteiger partial charge in [-0.15, -0.1) is 0 Å². The highest BCUT2D eigenvalue weighted by Crippen LogP contribution is 2.38. The fraction of sp³-hybridized carbons (Fsp3) is 0.727. The molecule has 3 nitrogen and oxygen atoms in total. The fourth-order valence-corrected chi connectivity index (χ4v) is 2.05. The average Bonchev–Trinajstić information content (AvgIpc) is 2.18. The number of carbonyl (C=O) groups is 1. The van der Waals surface area contributed by atoms with Gasteiger partial charge in [-0.3, -0.25) is 4.79 Å². The minimum atomic E-state index is -0.507. The Balaban J connectivity index is 2.09. The first-order valence-electron chi connectivity index (χ1n) is 5.19. The van der Waals surface area contributed by atoms with Crippen LogP contribution in [0.25, 0.3) is 0 Å². The number of rotatable bonds is 3. The van der Waals surface area contributed by atoms with E-state index in [1.807, 2.05) is 0 Å². The molecule has 0 unspecified atom stereocenters. The van der Waals surface area contributed by atoms with Gasteiger partial charge >= 0.3 is 0 Å². The third kappa shape index (κ3) is 1.46. The van der Waals surface area contributed by atoms with Crippen LogP contribution in [0.2, 0.25) is 0 Å². The van der Waals surface area contributed by atoms with Gasteiger partial charge in [0, 0.05) is 12.7 Å². The van der Waals surface area contributed by atoms with E-state index in [9.17, 15) is 4.79 Å². The van der Waals surface area contributed by atoms with Crippen LogP contribution in [0, 0.1) is 0 Å². The molecule has 0 bridgehead atoms. The fourth-order valence-electron chi connectivity index (χ4n) is 2.05. The van der Waals surface area contributed by atoms with Gasteiger partial charge in [0.1, 0.15) is 5.60 Å². The Morgan fingerprint density at radius 1 is 1.50 bits per heavy atom. The summed E-state index contributed by atoms with van der Waals surface area (Å²) in [5, 5.41) is 0. The second-order valence-electron chi connectivity index (χ2n) is 4.00. The molecular formula is C11H16O3. The molecule has 0 aromatic carbocycles. The molecule has 1 aliphatic heterocycles. The highest BCUT2D eigenvalue weighted by molar-refractivity contribution is 6.02. The summed E-state index contributed by atoms with van der Waals surface area (Å²) < 4.78 is 10.5. The van der Waals surface area contributed by atoms with Gasteiger partial charge in [-0.25, -0.2) is 0 Å². The summed E-state index contributed by atoms with van der Waals surface area (Å²) in [5.74, 6) is 0.144. The van der Waals surface area contributed by atoms with Crippen LogP contribution in [-0.2, 0) is 14.3 Å². The smallest absolute Gasteiger partial charge is 0.193 e. The van der Waals surface area contributed by atoms with E-state index in [-0.39, 0.29) is 5.78 Å². The normalized spacial score (nSPS) is 24.5. The molecule has 0 atom stereocenters. The van der Waals surface area contributed by atoms with Crippen LogP contribution in [0.15, 0.2) is 11.8 Å². The lowest BCUT2D eigenvalue weighted by atomic mass is 9.74. The van der Waals surface area contributed by atoms with Crippen LogP contribution in [-0.4, -0.2) is 25.1 Å². The molecular weight excluding hydrogens is 180 g/mol. The van der Waals surface area contributed by atoms with Crippen molar-refractivity contribution in [1.29, 1.82) is 0 Å². The lowest BCUT2D eigenvalue weighted by Crippen LogP contribution is -2.48. The van der Waals surface area contributed by atoms with Gasteiger partial charge in [0.15, 0.2) is 5.78 Å². The molecule has 2 aliphatic rings. The minimum Gasteiger partial charge on any atom is -0.501 e. The van der Waals surface area contributed by atoms with Gasteiger partial charge in [-0.1, -0.05) is 0 Å². The summed E-state index contributed by atoms with van der Waals surface area (Å²) in [5.41, 5.74) is 0.296. The van der Waals surface area contributed by atoms with Crippen molar-refractivity contribution in [2.24, 2.45) is 0 Å². The van der Waals surface area contributed by atoms with Crippen molar-refractivity contribution in [2.75, 3.05) is 13.7 Å². The van der Waals surface area contributed by atoms with Gasteiger partial charge in [-0.2, -0.15) is 0 Å². The van der Waals surface area contributed by atoms with Gasteiger partial charge < -0.3 is 9.47 Å². The molecule has 0 aromatic heterocycles. The molecule has 0 radical (unpaired) electrons. The van der Waals surface area contributed by atoms with E-state index in [0.29, 0.717) is 0 Å². The summed E-state index contributed by atoms with van der Waals surface area (Å²) in [6.45, 7) is 0.733. The molecule has 78 valence electrons. The SMILES string of the molecule is COC1(C(=O)C2=COCCC2)CCC1. The summed E-state index contributed by atoms with van der Waals surface area (Å²) >= 11 is 0. The molecule has 0 aromatic rings. The summed E-state index contributed by atoms with van der Waals surface area (Å²) in [6, 6.07) is 0. The predicted octanol–water partition coefficient (Wildman–Crippen LogP) is 1.82. The molecule has 1 aliphatic carbocycles. The number of hydrogen-bond acceptors (Lipinski definition) is 3. The van der Waals surface area contributed by atoms with Crippen molar-refractivity contribution in [3.63, 3.8) is 0 Å². The molecule has 0 spiro atoms. The first kappa shape index (κ1) is 9.71. The lowest BCUT2D eigenvalue weighted by Gasteiger charge is -2.39. The molecule has 0 amide bonds. The van der Waals surface area contributed by atoms with Crippen LogP contribution in [0.1, 0.15) is 32.1 Å². The number of carbonyl (C=O) groups excluding carboxylic acids is 1. The van der Waals surface area contributed by atoms with Crippen LogP contribution in [0.3, 0.4) is 0 Å². The van der Waals surface area contributed by atoms with E-state index in [1.165, 1.54) is 0 Å². The van der Waals surface area contributed by atoms with Crippen molar-refractivity contribution >= 4 is 5.78 Å². The zero-order chi connectivity index (χ0) is 10.0. The van der Waals surface area contributed by atoms with Gasteiger partial charge in [-0.05, 0) is 32.1 Å². The van der Waals surface area contributed by atoms with Crippen LogP contribution in [0.4, 0.5) is 0 Å². The zero-order valence-corrected chi connectivity index (χ0v) is 8.54. The van der Waals surface area contributed by atoms with E-state index in [4.69, 9.17) is 9.47 Å². The Bertz CT molecular complexity index is 258. The van der Waals surface area contributed by atoms with E-state index < -0.39 is 5.60 Å². The first-order valence-corrected chi connectivity index (χ1v) is 5.19. The second-order valence-corrected chi connectivity index (χ2v) is 4.00. The summed E-state index contributed by atoms with van der Waals surface area (Å²) in [4.78, 5) is 12.1. The Hall–Kier alpha value is -0.830. The third-order valence-electron chi connectivity index (χ3n) is 3.19. The van der Waals surface area contributed by atoms with Gasteiger partial charge in [0.2, 0.25) is 0 Å². The van der Waals surface area contributed by atoms with E-state index >= 15 is 0 Å². The van der Waals surface area contributed by atoms with Crippen molar-refractivity contribution in [3.05, 3.63) is 11.8 Å². The summed E-state index contributed by atoms with van der Waals surface area (Å²) in [6.07, 6.45) is 6.21. The Morgan fingerprint density at radius 3 is 2.71 bits per heavy atom. The molecule has 0 N–H and O–H groups in total. The van der Waals surface area contributed by atoms with Gasteiger partial charge in [0.25, 0.3) is 0 Å². The lowest BCUT2D eigenvalue weighted by molar-refractivity contribution is -0.148. The van der Waals surface area contributed by atoms with Gasteiger partial charge in [0.05, 0.1) is 12.9 Å². The maximum atomic E-state index is 12.1. The maximum absolute atomic E-state index is 12.1. The van der Waals surface area contributed by atoms with E-state index in [2.05, 4.69) is 0 Å². The molecule has 1 fully saturated rings. The second kappa shape index (κ2) is 3.73. The largest absolute Gasteiger partial charge is 0.501 e. The number of hydrogen-bond donors (Lipinski definition) is 0.